The second kappa shape index (κ2) is 5.45. The lowest BCUT2D eigenvalue weighted by molar-refractivity contribution is -0.384. The van der Waals surface area contributed by atoms with Gasteiger partial charge in [-0.2, -0.15) is 4.98 Å². The minimum absolute atomic E-state index is 0.0235. The summed E-state index contributed by atoms with van der Waals surface area (Å²) in [5.74, 6) is 0.790. The number of benzene rings is 2. The van der Waals surface area contributed by atoms with Gasteiger partial charge in [-0.05, 0) is 36.4 Å². The van der Waals surface area contributed by atoms with Crippen LogP contribution in [0.15, 0.2) is 57.5 Å². The van der Waals surface area contributed by atoms with Gasteiger partial charge < -0.3 is 4.52 Å². The standard InChI is InChI=1S/C14H8BrN3O3/c15-11-5-1-10(2-6-11)14-16-13(17-21-14)9-3-7-12(8-4-9)18(19)20/h1-8H. The lowest BCUT2D eigenvalue weighted by Crippen LogP contribution is -1.87. The Morgan fingerprint density at radius 1 is 1.00 bits per heavy atom. The quantitative estimate of drug-likeness (QED) is 0.527. The molecule has 0 fully saturated rings. The Morgan fingerprint density at radius 3 is 2.24 bits per heavy atom. The average molecular weight is 346 g/mol. The molecule has 0 N–H and O–H groups in total. The van der Waals surface area contributed by atoms with Gasteiger partial charge in [0.25, 0.3) is 11.6 Å². The van der Waals surface area contributed by atoms with Crippen LogP contribution >= 0.6 is 15.9 Å². The van der Waals surface area contributed by atoms with Gasteiger partial charge in [0.15, 0.2) is 0 Å². The van der Waals surface area contributed by atoms with Crippen molar-refractivity contribution >= 4 is 21.6 Å². The predicted octanol–water partition coefficient (Wildman–Crippen LogP) is 4.07. The second-order valence-corrected chi connectivity index (χ2v) is 5.15. The van der Waals surface area contributed by atoms with E-state index in [0.29, 0.717) is 17.3 Å². The minimum Gasteiger partial charge on any atom is -0.334 e. The lowest BCUT2D eigenvalue weighted by Gasteiger charge is -1.94. The Labute approximate surface area is 127 Å². The maximum Gasteiger partial charge on any atom is 0.269 e. The topological polar surface area (TPSA) is 82.1 Å². The fourth-order valence-electron chi connectivity index (χ4n) is 1.78. The van der Waals surface area contributed by atoms with Gasteiger partial charge in [0.05, 0.1) is 4.92 Å². The highest BCUT2D eigenvalue weighted by atomic mass is 79.9. The minimum atomic E-state index is -0.451. The van der Waals surface area contributed by atoms with E-state index in [9.17, 15) is 10.1 Å². The Morgan fingerprint density at radius 2 is 1.62 bits per heavy atom. The van der Waals surface area contributed by atoms with Crippen molar-refractivity contribution < 1.29 is 9.45 Å². The first kappa shape index (κ1) is 13.4. The number of rotatable bonds is 3. The number of nitro benzene ring substituents is 1. The van der Waals surface area contributed by atoms with E-state index in [1.807, 2.05) is 24.3 Å². The van der Waals surface area contributed by atoms with Crippen LogP contribution < -0.4 is 0 Å². The largest absolute Gasteiger partial charge is 0.334 e. The summed E-state index contributed by atoms with van der Waals surface area (Å²) in [7, 11) is 0. The summed E-state index contributed by atoms with van der Waals surface area (Å²) in [4.78, 5) is 14.5. The van der Waals surface area contributed by atoms with Gasteiger partial charge in [-0.25, -0.2) is 0 Å². The molecule has 0 unspecified atom stereocenters. The van der Waals surface area contributed by atoms with E-state index in [1.165, 1.54) is 12.1 Å². The van der Waals surface area contributed by atoms with E-state index in [4.69, 9.17) is 4.52 Å². The van der Waals surface area contributed by atoms with Gasteiger partial charge >= 0.3 is 0 Å². The smallest absolute Gasteiger partial charge is 0.269 e. The molecule has 7 heteroatoms. The zero-order valence-electron chi connectivity index (χ0n) is 10.6. The fraction of sp³-hybridized carbons (Fsp3) is 0. The van der Waals surface area contributed by atoms with Gasteiger partial charge in [0.1, 0.15) is 0 Å². The molecule has 3 aromatic rings. The summed E-state index contributed by atoms with van der Waals surface area (Å²) in [5, 5.41) is 14.5. The summed E-state index contributed by atoms with van der Waals surface area (Å²) in [6.07, 6.45) is 0. The molecule has 0 radical (unpaired) electrons. The third-order valence-corrected chi connectivity index (χ3v) is 3.38. The number of aromatic nitrogens is 2. The first-order valence-corrected chi connectivity index (χ1v) is 6.77. The maximum absolute atomic E-state index is 10.6. The molecule has 0 aliphatic heterocycles. The number of halogens is 1. The third-order valence-electron chi connectivity index (χ3n) is 2.85. The van der Waals surface area contributed by atoms with Crippen LogP contribution in [0.25, 0.3) is 22.8 Å². The molecule has 0 spiro atoms. The van der Waals surface area contributed by atoms with Gasteiger partial charge in [-0.15, -0.1) is 0 Å². The van der Waals surface area contributed by atoms with Crippen LogP contribution in [0, 0.1) is 10.1 Å². The van der Waals surface area contributed by atoms with Crippen LogP contribution in [-0.4, -0.2) is 15.1 Å². The second-order valence-electron chi connectivity index (χ2n) is 4.23. The van der Waals surface area contributed by atoms with Crippen LogP contribution in [-0.2, 0) is 0 Å². The lowest BCUT2D eigenvalue weighted by atomic mass is 10.2. The summed E-state index contributed by atoms with van der Waals surface area (Å²) in [6.45, 7) is 0. The summed E-state index contributed by atoms with van der Waals surface area (Å²) < 4.78 is 6.17. The van der Waals surface area contributed by atoms with E-state index in [0.717, 1.165) is 10.0 Å². The molecule has 0 bridgehead atoms. The van der Waals surface area contributed by atoms with E-state index < -0.39 is 4.92 Å². The zero-order valence-corrected chi connectivity index (χ0v) is 12.1. The molecule has 6 nitrogen and oxygen atoms in total. The molecular formula is C14H8BrN3O3. The Bertz CT molecular complexity index is 782. The molecule has 0 saturated heterocycles. The van der Waals surface area contributed by atoms with E-state index in [2.05, 4.69) is 26.1 Å². The number of hydrogen-bond donors (Lipinski definition) is 0. The van der Waals surface area contributed by atoms with Crippen LogP contribution in [0.2, 0.25) is 0 Å². The van der Waals surface area contributed by atoms with Crippen molar-refractivity contribution in [1.29, 1.82) is 0 Å². The van der Waals surface area contributed by atoms with Crippen molar-refractivity contribution in [3.05, 3.63) is 63.1 Å². The summed E-state index contributed by atoms with van der Waals surface area (Å²) in [6, 6.07) is 13.5. The Kier molecular flexibility index (Phi) is 3.49. The van der Waals surface area contributed by atoms with E-state index in [-0.39, 0.29) is 5.69 Å². The van der Waals surface area contributed by atoms with Crippen LogP contribution in [0.5, 0.6) is 0 Å². The molecule has 0 aliphatic rings. The van der Waals surface area contributed by atoms with Crippen molar-refractivity contribution in [3.63, 3.8) is 0 Å². The average Bonchev–Trinajstić information content (AvgIpc) is 2.98. The molecule has 1 aromatic heterocycles. The highest BCUT2D eigenvalue weighted by molar-refractivity contribution is 9.10. The SMILES string of the molecule is O=[N+]([O-])c1ccc(-c2noc(-c3ccc(Br)cc3)n2)cc1. The monoisotopic (exact) mass is 345 g/mol. The number of nitro groups is 1. The van der Waals surface area contributed by atoms with Crippen molar-refractivity contribution in [2.45, 2.75) is 0 Å². The summed E-state index contributed by atoms with van der Waals surface area (Å²) in [5.41, 5.74) is 1.49. The molecule has 21 heavy (non-hydrogen) atoms. The number of nitrogens with zero attached hydrogens (tertiary/aromatic N) is 3. The van der Waals surface area contributed by atoms with Crippen LogP contribution in [0.1, 0.15) is 0 Å². The van der Waals surface area contributed by atoms with E-state index >= 15 is 0 Å². The predicted molar refractivity (Wildman–Crippen MR) is 79.5 cm³/mol. The first-order valence-electron chi connectivity index (χ1n) is 5.98. The van der Waals surface area contributed by atoms with Crippen LogP contribution in [0.3, 0.4) is 0 Å². The highest BCUT2D eigenvalue weighted by Crippen LogP contribution is 2.24. The normalized spacial score (nSPS) is 10.5. The van der Waals surface area contributed by atoms with E-state index in [1.54, 1.807) is 12.1 Å². The third kappa shape index (κ3) is 2.82. The van der Waals surface area contributed by atoms with Crippen LogP contribution in [0.4, 0.5) is 5.69 Å². The van der Waals surface area contributed by atoms with Gasteiger partial charge in [-0.3, -0.25) is 10.1 Å². The summed E-state index contributed by atoms with van der Waals surface area (Å²) >= 11 is 3.36. The Hall–Kier alpha value is -2.54. The molecule has 3 rings (SSSR count). The molecule has 0 aliphatic carbocycles. The van der Waals surface area contributed by atoms with Crippen molar-refractivity contribution in [2.24, 2.45) is 0 Å². The molecule has 0 saturated carbocycles. The molecule has 0 atom stereocenters. The zero-order chi connectivity index (χ0) is 14.8. The number of non-ortho nitro benzene ring substituents is 1. The van der Waals surface area contributed by atoms with Gasteiger partial charge in [-0.1, -0.05) is 21.1 Å². The van der Waals surface area contributed by atoms with Crippen molar-refractivity contribution in [2.75, 3.05) is 0 Å². The van der Waals surface area contributed by atoms with Gasteiger partial charge in [0, 0.05) is 27.7 Å². The molecular weight excluding hydrogens is 338 g/mol. The molecule has 0 amide bonds. The number of hydrogen-bond acceptors (Lipinski definition) is 5. The highest BCUT2D eigenvalue weighted by Gasteiger charge is 2.12. The molecule has 1 heterocycles. The molecule has 2 aromatic carbocycles. The van der Waals surface area contributed by atoms with Crippen molar-refractivity contribution in [1.82, 2.24) is 10.1 Å². The maximum atomic E-state index is 10.6. The van der Waals surface area contributed by atoms with Crippen molar-refractivity contribution in [3.8, 4) is 22.8 Å². The first-order chi connectivity index (χ1) is 10.1. The molecule has 104 valence electrons. The Balaban J connectivity index is 1.90. The fourth-order valence-corrected chi connectivity index (χ4v) is 2.05. The van der Waals surface area contributed by atoms with Gasteiger partial charge in [0.2, 0.25) is 5.82 Å².